The normalized spacial score (nSPS) is 13.0. The molecule has 2 aromatic rings. The van der Waals surface area contributed by atoms with Crippen molar-refractivity contribution in [2.24, 2.45) is 0 Å². The van der Waals surface area contributed by atoms with E-state index in [1.54, 1.807) is 12.1 Å². The van der Waals surface area contributed by atoms with Crippen molar-refractivity contribution in [3.8, 4) is 6.07 Å². The van der Waals surface area contributed by atoms with Gasteiger partial charge in [-0.05, 0) is 24.1 Å². The monoisotopic (exact) mass is 312 g/mol. The summed E-state index contributed by atoms with van der Waals surface area (Å²) >= 11 is 5.89. The number of nitrogens with one attached hydrogen (secondary N) is 1. The van der Waals surface area contributed by atoms with Gasteiger partial charge in [0.05, 0.1) is 12.1 Å². The lowest BCUT2D eigenvalue weighted by Gasteiger charge is -2.16. The summed E-state index contributed by atoms with van der Waals surface area (Å²) in [5, 5.41) is 11.2. The SMILES string of the molecule is CC(NC(=O)c1ccccc1CC(Cl)C#N)c1ccccc1. The smallest absolute Gasteiger partial charge is 0.252 e. The summed E-state index contributed by atoms with van der Waals surface area (Å²) in [4.78, 5) is 12.5. The number of rotatable bonds is 5. The van der Waals surface area contributed by atoms with E-state index in [0.717, 1.165) is 11.1 Å². The van der Waals surface area contributed by atoms with E-state index in [9.17, 15) is 4.79 Å². The van der Waals surface area contributed by atoms with Crippen LogP contribution < -0.4 is 5.32 Å². The number of nitrogens with zero attached hydrogens (tertiary/aromatic N) is 1. The first kappa shape index (κ1) is 16.1. The number of halogens is 1. The molecule has 0 bridgehead atoms. The maximum absolute atomic E-state index is 12.5. The van der Waals surface area contributed by atoms with Crippen molar-refractivity contribution in [2.45, 2.75) is 24.8 Å². The van der Waals surface area contributed by atoms with Gasteiger partial charge in [0.25, 0.3) is 5.91 Å². The van der Waals surface area contributed by atoms with Crippen LogP contribution in [0, 0.1) is 11.3 Å². The fraction of sp³-hybridized carbons (Fsp3) is 0.222. The van der Waals surface area contributed by atoms with Crippen LogP contribution in [0.25, 0.3) is 0 Å². The van der Waals surface area contributed by atoms with Gasteiger partial charge in [-0.15, -0.1) is 11.6 Å². The predicted octanol–water partition coefficient (Wildman–Crippen LogP) is 3.85. The second kappa shape index (κ2) is 7.63. The molecule has 0 saturated heterocycles. The van der Waals surface area contributed by atoms with Crippen molar-refractivity contribution < 1.29 is 4.79 Å². The van der Waals surface area contributed by atoms with Crippen LogP contribution in [-0.4, -0.2) is 11.3 Å². The molecular weight excluding hydrogens is 296 g/mol. The third kappa shape index (κ3) is 4.09. The molecular formula is C18H17ClN2O. The van der Waals surface area contributed by atoms with Crippen LogP contribution in [0.2, 0.25) is 0 Å². The highest BCUT2D eigenvalue weighted by atomic mass is 35.5. The van der Waals surface area contributed by atoms with E-state index in [2.05, 4.69) is 5.32 Å². The molecule has 2 unspecified atom stereocenters. The quantitative estimate of drug-likeness (QED) is 0.853. The zero-order valence-electron chi connectivity index (χ0n) is 12.3. The molecule has 112 valence electrons. The Morgan fingerprint density at radius 3 is 2.50 bits per heavy atom. The first-order chi connectivity index (χ1) is 10.6. The molecule has 22 heavy (non-hydrogen) atoms. The number of carbonyl (C=O) groups excluding carboxylic acids is 1. The van der Waals surface area contributed by atoms with Gasteiger partial charge in [-0.3, -0.25) is 4.79 Å². The van der Waals surface area contributed by atoms with Crippen LogP contribution in [0.3, 0.4) is 0 Å². The van der Waals surface area contributed by atoms with Gasteiger partial charge in [-0.1, -0.05) is 48.5 Å². The molecule has 3 nitrogen and oxygen atoms in total. The lowest BCUT2D eigenvalue weighted by atomic mass is 10.0. The zero-order valence-corrected chi connectivity index (χ0v) is 13.0. The first-order valence-corrected chi connectivity index (χ1v) is 7.53. The molecule has 0 heterocycles. The van der Waals surface area contributed by atoms with Crippen LogP contribution >= 0.6 is 11.6 Å². The van der Waals surface area contributed by atoms with Gasteiger partial charge in [0.2, 0.25) is 0 Å². The van der Waals surface area contributed by atoms with Gasteiger partial charge >= 0.3 is 0 Å². The number of alkyl halides is 1. The number of benzene rings is 2. The minimum atomic E-state index is -0.638. The van der Waals surface area contributed by atoms with Crippen LogP contribution in [0.4, 0.5) is 0 Å². The largest absolute Gasteiger partial charge is 0.346 e. The number of carbonyl (C=O) groups is 1. The van der Waals surface area contributed by atoms with Gasteiger partial charge in [0.15, 0.2) is 0 Å². The average molecular weight is 313 g/mol. The minimum Gasteiger partial charge on any atom is -0.346 e. The number of hydrogen-bond donors (Lipinski definition) is 1. The molecule has 0 spiro atoms. The third-order valence-corrected chi connectivity index (χ3v) is 3.70. The van der Waals surface area contributed by atoms with E-state index >= 15 is 0 Å². The van der Waals surface area contributed by atoms with Crippen LogP contribution in [0.5, 0.6) is 0 Å². The Kier molecular flexibility index (Phi) is 5.57. The summed E-state index contributed by atoms with van der Waals surface area (Å²) < 4.78 is 0. The summed E-state index contributed by atoms with van der Waals surface area (Å²) in [6.45, 7) is 1.94. The van der Waals surface area contributed by atoms with Crippen molar-refractivity contribution >= 4 is 17.5 Å². The van der Waals surface area contributed by atoms with E-state index < -0.39 is 5.38 Å². The van der Waals surface area contributed by atoms with Crippen LogP contribution in [0.15, 0.2) is 54.6 Å². The molecule has 2 aromatic carbocycles. The molecule has 2 rings (SSSR count). The predicted molar refractivity (Wildman–Crippen MR) is 87.7 cm³/mol. The van der Waals surface area contributed by atoms with E-state index in [4.69, 9.17) is 16.9 Å². The Bertz CT molecular complexity index is 679. The van der Waals surface area contributed by atoms with E-state index in [1.807, 2.05) is 55.5 Å². The van der Waals surface area contributed by atoms with Crippen molar-refractivity contribution in [1.29, 1.82) is 5.26 Å². The van der Waals surface area contributed by atoms with Crippen molar-refractivity contribution in [1.82, 2.24) is 5.32 Å². The molecule has 0 fully saturated rings. The lowest BCUT2D eigenvalue weighted by Crippen LogP contribution is -2.27. The fourth-order valence-corrected chi connectivity index (χ4v) is 2.42. The zero-order chi connectivity index (χ0) is 15.9. The molecule has 1 N–H and O–H groups in total. The van der Waals surface area contributed by atoms with Gasteiger partial charge in [0, 0.05) is 12.0 Å². The molecule has 4 heteroatoms. The van der Waals surface area contributed by atoms with E-state index in [0.29, 0.717) is 12.0 Å². The summed E-state index contributed by atoms with van der Waals surface area (Å²) in [7, 11) is 0. The van der Waals surface area contributed by atoms with Gasteiger partial charge in [-0.2, -0.15) is 5.26 Å². The second-order valence-corrected chi connectivity index (χ2v) is 5.59. The molecule has 0 aliphatic rings. The molecule has 0 aliphatic carbocycles. The van der Waals surface area contributed by atoms with E-state index in [1.165, 1.54) is 0 Å². The Balaban J connectivity index is 2.15. The van der Waals surface area contributed by atoms with Gasteiger partial charge in [-0.25, -0.2) is 0 Å². The average Bonchev–Trinajstić information content (AvgIpc) is 2.55. The lowest BCUT2D eigenvalue weighted by molar-refractivity contribution is 0.0939. The third-order valence-electron chi connectivity index (χ3n) is 3.45. The Hall–Kier alpha value is -2.31. The number of hydrogen-bond acceptors (Lipinski definition) is 2. The van der Waals surface area contributed by atoms with Gasteiger partial charge < -0.3 is 5.32 Å². The van der Waals surface area contributed by atoms with E-state index in [-0.39, 0.29) is 11.9 Å². The number of nitriles is 1. The summed E-state index contributed by atoms with van der Waals surface area (Å²) in [6.07, 6.45) is 0.349. The van der Waals surface area contributed by atoms with Crippen LogP contribution in [0.1, 0.15) is 34.5 Å². The summed E-state index contributed by atoms with van der Waals surface area (Å²) in [5.41, 5.74) is 2.38. The Morgan fingerprint density at radius 1 is 1.18 bits per heavy atom. The topological polar surface area (TPSA) is 52.9 Å². The molecule has 0 aromatic heterocycles. The molecule has 2 atom stereocenters. The van der Waals surface area contributed by atoms with Crippen LogP contribution in [-0.2, 0) is 6.42 Å². The number of amides is 1. The minimum absolute atomic E-state index is 0.0930. The Labute approximate surface area is 135 Å². The standard InChI is InChI=1S/C18H17ClN2O/c1-13(14-7-3-2-4-8-14)21-18(22)17-10-6-5-9-15(17)11-16(19)12-20/h2-10,13,16H,11H2,1H3,(H,21,22). The molecule has 0 aliphatic heterocycles. The molecule has 1 amide bonds. The maximum Gasteiger partial charge on any atom is 0.252 e. The second-order valence-electron chi connectivity index (χ2n) is 5.06. The molecule has 0 saturated carbocycles. The van der Waals surface area contributed by atoms with Gasteiger partial charge in [0.1, 0.15) is 5.38 Å². The summed E-state index contributed by atoms with van der Waals surface area (Å²) in [5.74, 6) is -0.159. The van der Waals surface area contributed by atoms with Crippen molar-refractivity contribution in [3.05, 3.63) is 71.3 Å². The van der Waals surface area contributed by atoms with Crippen molar-refractivity contribution in [3.63, 3.8) is 0 Å². The maximum atomic E-state index is 12.5. The Morgan fingerprint density at radius 2 is 1.82 bits per heavy atom. The highest BCUT2D eigenvalue weighted by molar-refractivity contribution is 6.22. The highest BCUT2D eigenvalue weighted by Gasteiger charge is 2.16. The first-order valence-electron chi connectivity index (χ1n) is 7.09. The molecule has 0 radical (unpaired) electrons. The highest BCUT2D eigenvalue weighted by Crippen LogP contribution is 2.16. The summed E-state index contributed by atoms with van der Waals surface area (Å²) in [6, 6.07) is 18.9. The fourth-order valence-electron chi connectivity index (χ4n) is 2.26. The van der Waals surface area contributed by atoms with Crippen molar-refractivity contribution in [2.75, 3.05) is 0 Å².